The molecule has 3 aromatic rings. The normalized spacial score (nSPS) is 15.7. The Morgan fingerprint density at radius 2 is 1.75 bits per heavy atom. The maximum Gasteiger partial charge on any atom is 0.266 e. The van der Waals surface area contributed by atoms with Gasteiger partial charge in [-0.25, -0.2) is 4.99 Å². The van der Waals surface area contributed by atoms with E-state index in [1.807, 2.05) is 74.5 Å². The summed E-state index contributed by atoms with van der Waals surface area (Å²) in [5.41, 5.74) is 2.48. The van der Waals surface area contributed by atoms with Gasteiger partial charge in [0.25, 0.3) is 5.91 Å². The lowest BCUT2D eigenvalue weighted by atomic mass is 10.1. The number of carbonyl (C=O) groups is 1. The summed E-state index contributed by atoms with van der Waals surface area (Å²) < 4.78 is 11.8. The standard InChI is InChI=1S/C28H26Cl2N2O3S/c1-3-15-32-27(33)26(36-28(32)31-22-12-10-21(29)11-13-22)17-19-9-14-24(25(16-19)34-4-2)35-18-20-7-5-6-8-23(20)30/h5-14,16-17H,3-4,15,18H2,1-2H3/b26-17-,31-28?. The summed E-state index contributed by atoms with van der Waals surface area (Å²) in [6.07, 6.45) is 2.69. The maximum atomic E-state index is 13.2. The van der Waals surface area contributed by atoms with Crippen molar-refractivity contribution in [3.8, 4) is 11.5 Å². The van der Waals surface area contributed by atoms with Gasteiger partial charge in [-0.05, 0) is 79.2 Å². The number of hydrogen-bond donors (Lipinski definition) is 0. The third-order valence-electron chi connectivity index (χ3n) is 5.29. The van der Waals surface area contributed by atoms with Gasteiger partial charge in [0.1, 0.15) is 6.61 Å². The number of carbonyl (C=O) groups excluding carboxylic acids is 1. The van der Waals surface area contributed by atoms with Crippen LogP contribution in [0.15, 0.2) is 76.6 Å². The first kappa shape index (κ1) is 26.1. The van der Waals surface area contributed by atoms with Gasteiger partial charge in [0.05, 0.1) is 17.2 Å². The molecule has 0 radical (unpaired) electrons. The van der Waals surface area contributed by atoms with Crippen LogP contribution in [0.5, 0.6) is 11.5 Å². The maximum absolute atomic E-state index is 13.2. The molecule has 1 saturated heterocycles. The predicted molar refractivity (Wildman–Crippen MR) is 150 cm³/mol. The number of amidine groups is 1. The van der Waals surface area contributed by atoms with Crippen molar-refractivity contribution in [2.75, 3.05) is 13.2 Å². The molecule has 186 valence electrons. The number of benzene rings is 3. The Labute approximate surface area is 225 Å². The molecule has 4 rings (SSSR count). The smallest absolute Gasteiger partial charge is 0.266 e. The monoisotopic (exact) mass is 540 g/mol. The van der Waals surface area contributed by atoms with E-state index in [4.69, 9.17) is 37.7 Å². The summed E-state index contributed by atoms with van der Waals surface area (Å²) >= 11 is 13.6. The van der Waals surface area contributed by atoms with Gasteiger partial charge in [-0.1, -0.05) is 54.4 Å². The first-order valence-electron chi connectivity index (χ1n) is 11.7. The highest BCUT2D eigenvalue weighted by atomic mass is 35.5. The lowest BCUT2D eigenvalue weighted by Crippen LogP contribution is -2.29. The Balaban J connectivity index is 1.58. The average molecular weight is 542 g/mol. The van der Waals surface area contributed by atoms with Gasteiger partial charge in [-0.2, -0.15) is 0 Å². The molecule has 0 aromatic heterocycles. The number of halogens is 2. The van der Waals surface area contributed by atoms with Gasteiger partial charge in [-0.3, -0.25) is 9.69 Å². The fraction of sp³-hybridized carbons (Fsp3) is 0.214. The Morgan fingerprint density at radius 1 is 0.972 bits per heavy atom. The van der Waals surface area contributed by atoms with E-state index in [1.54, 1.807) is 17.0 Å². The van der Waals surface area contributed by atoms with Crippen LogP contribution in [0, 0.1) is 0 Å². The largest absolute Gasteiger partial charge is 0.490 e. The van der Waals surface area contributed by atoms with Crippen molar-refractivity contribution >= 4 is 57.8 Å². The highest BCUT2D eigenvalue weighted by molar-refractivity contribution is 8.18. The summed E-state index contributed by atoms with van der Waals surface area (Å²) in [6.45, 7) is 5.36. The molecule has 3 aromatic carbocycles. The molecule has 0 N–H and O–H groups in total. The van der Waals surface area contributed by atoms with Crippen LogP contribution in [-0.4, -0.2) is 29.1 Å². The zero-order valence-corrected chi connectivity index (χ0v) is 22.4. The second kappa shape index (κ2) is 12.3. The lowest BCUT2D eigenvalue weighted by Gasteiger charge is -2.14. The number of rotatable bonds is 9. The van der Waals surface area contributed by atoms with Crippen molar-refractivity contribution in [2.45, 2.75) is 26.9 Å². The zero-order valence-electron chi connectivity index (χ0n) is 20.0. The van der Waals surface area contributed by atoms with Gasteiger partial charge in [0, 0.05) is 22.2 Å². The van der Waals surface area contributed by atoms with E-state index in [0.717, 1.165) is 23.2 Å². The molecule has 1 heterocycles. The van der Waals surface area contributed by atoms with E-state index in [0.29, 0.717) is 51.4 Å². The minimum absolute atomic E-state index is 0.0634. The van der Waals surface area contributed by atoms with Crippen LogP contribution >= 0.6 is 35.0 Å². The molecular formula is C28H26Cl2N2O3S. The van der Waals surface area contributed by atoms with Crippen LogP contribution in [0.2, 0.25) is 10.0 Å². The van der Waals surface area contributed by atoms with Crippen LogP contribution in [-0.2, 0) is 11.4 Å². The van der Waals surface area contributed by atoms with Gasteiger partial charge < -0.3 is 9.47 Å². The van der Waals surface area contributed by atoms with Crippen molar-refractivity contribution in [3.05, 3.63) is 92.8 Å². The second-order valence-corrected chi connectivity index (χ2v) is 9.81. The van der Waals surface area contributed by atoms with E-state index in [2.05, 4.69) is 0 Å². The van der Waals surface area contributed by atoms with Gasteiger partial charge in [0.15, 0.2) is 16.7 Å². The number of nitrogens with zero attached hydrogens (tertiary/aromatic N) is 2. The lowest BCUT2D eigenvalue weighted by molar-refractivity contribution is -0.122. The molecule has 1 fully saturated rings. The zero-order chi connectivity index (χ0) is 25.5. The quantitative estimate of drug-likeness (QED) is 0.258. The molecule has 1 aliphatic rings. The Bertz CT molecular complexity index is 1290. The topological polar surface area (TPSA) is 51.1 Å². The first-order valence-corrected chi connectivity index (χ1v) is 13.2. The van der Waals surface area contributed by atoms with Crippen molar-refractivity contribution in [1.82, 2.24) is 4.90 Å². The Hall–Kier alpha value is -2.93. The van der Waals surface area contributed by atoms with E-state index >= 15 is 0 Å². The molecular weight excluding hydrogens is 515 g/mol. The minimum atomic E-state index is -0.0634. The summed E-state index contributed by atoms with van der Waals surface area (Å²) in [5.74, 6) is 1.16. The van der Waals surface area contributed by atoms with Gasteiger partial charge >= 0.3 is 0 Å². The van der Waals surface area contributed by atoms with E-state index in [9.17, 15) is 4.79 Å². The van der Waals surface area contributed by atoms with Crippen LogP contribution in [0.4, 0.5) is 5.69 Å². The Kier molecular flexibility index (Phi) is 8.97. The minimum Gasteiger partial charge on any atom is -0.490 e. The molecule has 8 heteroatoms. The van der Waals surface area contributed by atoms with Crippen molar-refractivity contribution < 1.29 is 14.3 Å². The number of aliphatic imine (C=N–C) groups is 1. The molecule has 0 atom stereocenters. The average Bonchev–Trinajstić information content (AvgIpc) is 3.15. The Morgan fingerprint density at radius 3 is 2.47 bits per heavy atom. The first-order chi connectivity index (χ1) is 17.5. The van der Waals surface area contributed by atoms with E-state index in [1.165, 1.54) is 11.8 Å². The third-order valence-corrected chi connectivity index (χ3v) is 6.92. The number of thioether (sulfide) groups is 1. The highest BCUT2D eigenvalue weighted by Gasteiger charge is 2.32. The van der Waals surface area contributed by atoms with Crippen molar-refractivity contribution in [1.29, 1.82) is 0 Å². The summed E-state index contributed by atoms with van der Waals surface area (Å²) in [7, 11) is 0. The molecule has 0 saturated carbocycles. The molecule has 1 aliphatic heterocycles. The molecule has 0 unspecified atom stereocenters. The molecule has 0 bridgehead atoms. The third kappa shape index (κ3) is 6.44. The van der Waals surface area contributed by atoms with Gasteiger partial charge in [0.2, 0.25) is 0 Å². The molecule has 0 spiro atoms. The van der Waals surface area contributed by atoms with E-state index < -0.39 is 0 Å². The molecule has 0 aliphatic carbocycles. The van der Waals surface area contributed by atoms with Crippen LogP contribution in [0.3, 0.4) is 0 Å². The fourth-order valence-corrected chi connectivity index (χ4v) is 4.90. The summed E-state index contributed by atoms with van der Waals surface area (Å²) in [5, 5.41) is 1.95. The highest BCUT2D eigenvalue weighted by Crippen LogP contribution is 2.36. The summed E-state index contributed by atoms with van der Waals surface area (Å²) in [6, 6.07) is 20.4. The molecule has 1 amide bonds. The second-order valence-electron chi connectivity index (χ2n) is 7.96. The van der Waals surface area contributed by atoms with Crippen LogP contribution in [0.25, 0.3) is 6.08 Å². The number of ether oxygens (including phenoxy) is 2. The SMILES string of the molecule is CCCN1C(=O)/C(=C/c2ccc(OCc3ccccc3Cl)c(OCC)c2)SC1=Nc1ccc(Cl)cc1. The fourth-order valence-electron chi connectivity index (χ4n) is 3.56. The van der Waals surface area contributed by atoms with Gasteiger partial charge in [-0.15, -0.1) is 0 Å². The molecule has 36 heavy (non-hydrogen) atoms. The summed E-state index contributed by atoms with van der Waals surface area (Å²) in [4.78, 5) is 20.2. The van der Waals surface area contributed by atoms with Crippen LogP contribution < -0.4 is 9.47 Å². The van der Waals surface area contributed by atoms with E-state index in [-0.39, 0.29) is 5.91 Å². The van der Waals surface area contributed by atoms with Crippen LogP contribution in [0.1, 0.15) is 31.4 Å². The number of amides is 1. The number of hydrogen-bond acceptors (Lipinski definition) is 5. The van der Waals surface area contributed by atoms with Crippen molar-refractivity contribution in [3.63, 3.8) is 0 Å². The molecule has 5 nitrogen and oxygen atoms in total. The van der Waals surface area contributed by atoms with Crippen molar-refractivity contribution in [2.24, 2.45) is 4.99 Å². The predicted octanol–water partition coefficient (Wildman–Crippen LogP) is 7.99.